The second-order valence-corrected chi connectivity index (χ2v) is 11.7. The van der Waals surface area contributed by atoms with Gasteiger partial charge in [-0.15, -0.1) is 0 Å². The number of oxazole rings is 1. The van der Waals surface area contributed by atoms with Crippen molar-refractivity contribution in [2.45, 2.75) is 62.7 Å². The first-order valence-electron chi connectivity index (χ1n) is 13.4. The van der Waals surface area contributed by atoms with Gasteiger partial charge in [0.05, 0.1) is 22.1 Å². The van der Waals surface area contributed by atoms with Crippen molar-refractivity contribution in [2.24, 2.45) is 5.92 Å². The van der Waals surface area contributed by atoms with E-state index in [1.54, 1.807) is 25.1 Å². The number of likely N-dealkylation sites (tertiary alicyclic amines) is 1. The summed E-state index contributed by atoms with van der Waals surface area (Å²) in [6, 6.07) is 8.04. The van der Waals surface area contributed by atoms with E-state index in [1.807, 2.05) is 6.07 Å². The predicted octanol–water partition coefficient (Wildman–Crippen LogP) is 3.09. The molecule has 2 aromatic carbocycles. The Morgan fingerprint density at radius 1 is 1.26 bits per heavy atom. The Kier molecular flexibility index (Phi) is 5.06. The molecule has 4 aliphatic rings. The highest BCUT2D eigenvalue weighted by Crippen LogP contribution is 2.63. The molecule has 4 atom stereocenters. The standard InChI is InChI=1S/C29H31N3O7/c1-14(26(35)30-17-6-7-18-20(12-17)38-27(36)31-18)23(34)25-29-9-10-32(13-15-3-4-15)21(28(29,2)37)11-16-5-8-19(33)24(39-25)22(16)29/h5-8,12,15,21,25,33-34,37H,3-4,9-11,13H2,1-2H3,(H,30,35)(H,31,36)/b23-14-/t21-,25+,28-,29+/m1/s1. The van der Waals surface area contributed by atoms with Crippen LogP contribution in [0.25, 0.3) is 11.1 Å². The van der Waals surface area contributed by atoms with Crippen molar-refractivity contribution in [3.63, 3.8) is 0 Å². The Balaban J connectivity index is 1.27. The van der Waals surface area contributed by atoms with Crippen molar-refractivity contribution in [1.29, 1.82) is 0 Å². The number of nitrogens with zero attached hydrogens (tertiary/aromatic N) is 1. The molecule has 204 valence electrons. The van der Waals surface area contributed by atoms with E-state index in [1.165, 1.54) is 25.8 Å². The largest absolute Gasteiger partial charge is 0.508 e. The van der Waals surface area contributed by atoms with Gasteiger partial charge < -0.3 is 29.8 Å². The van der Waals surface area contributed by atoms with E-state index in [9.17, 15) is 24.9 Å². The third-order valence-corrected chi connectivity index (χ3v) is 9.39. The predicted molar refractivity (Wildman–Crippen MR) is 142 cm³/mol. The molecule has 0 radical (unpaired) electrons. The molecule has 39 heavy (non-hydrogen) atoms. The van der Waals surface area contributed by atoms with Gasteiger partial charge in [-0.3, -0.25) is 14.7 Å². The Morgan fingerprint density at radius 2 is 2.05 bits per heavy atom. The average Bonchev–Trinajstić information content (AvgIpc) is 3.52. The minimum atomic E-state index is -1.29. The van der Waals surface area contributed by atoms with Crippen molar-refractivity contribution < 1.29 is 29.3 Å². The van der Waals surface area contributed by atoms with Crippen LogP contribution in [0, 0.1) is 5.92 Å². The molecule has 1 saturated heterocycles. The summed E-state index contributed by atoms with van der Waals surface area (Å²) in [5.74, 6) is -0.590. The van der Waals surface area contributed by atoms with E-state index in [0.717, 1.165) is 17.7 Å². The summed E-state index contributed by atoms with van der Waals surface area (Å²) < 4.78 is 11.4. The third kappa shape index (κ3) is 3.40. The molecule has 1 aromatic heterocycles. The molecule has 1 saturated carbocycles. The van der Waals surface area contributed by atoms with E-state index in [4.69, 9.17) is 9.15 Å². The number of hydrogen-bond donors (Lipinski definition) is 5. The fourth-order valence-electron chi connectivity index (χ4n) is 7.13. The van der Waals surface area contributed by atoms with E-state index in [-0.39, 0.29) is 28.9 Å². The van der Waals surface area contributed by atoms with Crippen LogP contribution in [-0.2, 0) is 16.6 Å². The molecule has 2 aliphatic heterocycles. The summed E-state index contributed by atoms with van der Waals surface area (Å²) >= 11 is 0. The number of piperidine rings is 1. The highest BCUT2D eigenvalue weighted by molar-refractivity contribution is 6.04. The first-order chi connectivity index (χ1) is 18.6. The number of ether oxygens (including phenoxy) is 1. The number of aromatic amines is 1. The summed E-state index contributed by atoms with van der Waals surface area (Å²) in [7, 11) is 0. The molecule has 2 fully saturated rings. The number of carbonyl (C=O) groups is 1. The normalized spacial score (nSPS) is 30.0. The number of benzene rings is 2. The lowest BCUT2D eigenvalue weighted by Crippen LogP contribution is -2.73. The van der Waals surface area contributed by atoms with E-state index in [2.05, 4.69) is 15.2 Å². The molecule has 3 aromatic rings. The van der Waals surface area contributed by atoms with Gasteiger partial charge in [0.2, 0.25) is 0 Å². The number of aliphatic hydroxyl groups excluding tert-OH is 1. The summed E-state index contributed by atoms with van der Waals surface area (Å²) in [6.07, 6.45) is 2.47. The molecule has 7 rings (SSSR count). The van der Waals surface area contributed by atoms with E-state index < -0.39 is 28.8 Å². The maximum Gasteiger partial charge on any atom is 0.417 e. The molecule has 2 aliphatic carbocycles. The average molecular weight is 534 g/mol. The lowest BCUT2D eigenvalue weighted by Gasteiger charge is -2.59. The summed E-state index contributed by atoms with van der Waals surface area (Å²) in [6.45, 7) is 4.95. The monoisotopic (exact) mass is 533 g/mol. The van der Waals surface area contributed by atoms with Gasteiger partial charge in [0, 0.05) is 29.9 Å². The molecule has 0 unspecified atom stereocenters. The number of phenolic OH excluding ortho intramolecular Hbond substituents is 1. The Hall–Kier alpha value is -3.76. The Bertz CT molecular complexity index is 1610. The van der Waals surface area contributed by atoms with E-state index >= 15 is 0 Å². The summed E-state index contributed by atoms with van der Waals surface area (Å²) in [4.78, 5) is 29.7. The number of carbonyl (C=O) groups excluding carboxylic acids is 1. The van der Waals surface area contributed by atoms with Gasteiger partial charge in [-0.1, -0.05) is 6.07 Å². The smallest absolute Gasteiger partial charge is 0.417 e. The number of fused-ring (bicyclic) bond motifs is 2. The van der Waals surface area contributed by atoms with Crippen molar-refractivity contribution in [3.8, 4) is 11.5 Å². The minimum Gasteiger partial charge on any atom is -0.508 e. The topological polar surface area (TPSA) is 148 Å². The van der Waals surface area contributed by atoms with Crippen molar-refractivity contribution in [2.75, 3.05) is 18.4 Å². The molecule has 3 heterocycles. The number of nitrogens with one attached hydrogen (secondary N) is 2. The van der Waals surface area contributed by atoms with Crippen LogP contribution in [0.3, 0.4) is 0 Å². The molecule has 10 heteroatoms. The first kappa shape index (κ1) is 24.3. The quantitative estimate of drug-likeness (QED) is 0.248. The highest BCUT2D eigenvalue weighted by Gasteiger charge is 2.69. The van der Waals surface area contributed by atoms with Crippen LogP contribution < -0.4 is 15.8 Å². The zero-order valence-electron chi connectivity index (χ0n) is 21.8. The van der Waals surface area contributed by atoms with Crippen LogP contribution in [0.15, 0.2) is 50.9 Å². The molecule has 5 N–H and O–H groups in total. The van der Waals surface area contributed by atoms with Gasteiger partial charge in [-0.2, -0.15) is 0 Å². The lowest BCUT2D eigenvalue weighted by molar-refractivity contribution is -0.153. The summed E-state index contributed by atoms with van der Waals surface area (Å²) in [5, 5.41) is 37.4. The number of aromatic nitrogens is 1. The third-order valence-electron chi connectivity index (χ3n) is 9.39. The second kappa shape index (κ2) is 8.12. The zero-order valence-corrected chi connectivity index (χ0v) is 21.8. The Morgan fingerprint density at radius 3 is 2.82 bits per heavy atom. The maximum absolute atomic E-state index is 13.3. The fraction of sp³-hybridized carbons (Fsp3) is 0.448. The van der Waals surface area contributed by atoms with Gasteiger partial charge >= 0.3 is 5.76 Å². The molecule has 10 nitrogen and oxygen atoms in total. The van der Waals surface area contributed by atoms with Gasteiger partial charge in [0.1, 0.15) is 5.76 Å². The number of phenols is 1. The minimum absolute atomic E-state index is 0.0252. The number of aliphatic hydroxyl groups is 2. The SMILES string of the molecule is C/C(C(=O)Nc1ccc2[nH]c(=O)oc2c1)=C(/O)[C@@H]1Oc2c(O)ccc3c2[C@@]12CCN(CC1CC1)[C@H](C3)[C@@]2(C)O. The van der Waals surface area contributed by atoms with Gasteiger partial charge in [0.15, 0.2) is 23.2 Å². The first-order valence-corrected chi connectivity index (χ1v) is 13.4. The van der Waals surface area contributed by atoms with Crippen LogP contribution in [0.4, 0.5) is 5.69 Å². The number of anilines is 1. The summed E-state index contributed by atoms with van der Waals surface area (Å²) in [5.41, 5.74) is 0.582. The zero-order chi connectivity index (χ0) is 27.3. The van der Waals surface area contributed by atoms with Crippen molar-refractivity contribution in [3.05, 3.63) is 63.3 Å². The number of hydrogen-bond acceptors (Lipinski definition) is 8. The van der Waals surface area contributed by atoms with Crippen molar-refractivity contribution >= 4 is 22.7 Å². The molecule has 1 spiro atoms. The van der Waals surface area contributed by atoms with Crippen LogP contribution >= 0.6 is 0 Å². The number of rotatable bonds is 5. The lowest BCUT2D eigenvalue weighted by atomic mass is 9.53. The molecule has 1 amide bonds. The van der Waals surface area contributed by atoms with E-state index in [0.29, 0.717) is 42.1 Å². The number of aromatic hydroxyl groups is 1. The van der Waals surface area contributed by atoms with Crippen LogP contribution in [-0.4, -0.2) is 61.9 Å². The highest BCUT2D eigenvalue weighted by atomic mass is 16.5. The van der Waals surface area contributed by atoms with Crippen molar-refractivity contribution in [1.82, 2.24) is 9.88 Å². The van der Waals surface area contributed by atoms with Crippen LogP contribution in [0.1, 0.15) is 44.2 Å². The van der Waals surface area contributed by atoms with Crippen LogP contribution in [0.5, 0.6) is 11.5 Å². The fourth-order valence-corrected chi connectivity index (χ4v) is 7.13. The number of amides is 1. The number of H-pyrrole nitrogens is 1. The van der Waals surface area contributed by atoms with Gasteiger partial charge in [0.25, 0.3) is 5.91 Å². The second-order valence-electron chi connectivity index (χ2n) is 11.7. The van der Waals surface area contributed by atoms with Gasteiger partial charge in [-0.25, -0.2) is 4.79 Å². The Labute approximate surface area is 223 Å². The molecule has 2 bridgehead atoms. The van der Waals surface area contributed by atoms with Gasteiger partial charge in [-0.05, 0) is 75.8 Å². The van der Waals surface area contributed by atoms with Crippen LogP contribution in [0.2, 0.25) is 0 Å². The molecular formula is C29H31N3O7. The maximum atomic E-state index is 13.3. The molecular weight excluding hydrogens is 502 g/mol.